The van der Waals surface area contributed by atoms with E-state index in [2.05, 4.69) is 14.9 Å². The molecular weight excluding hydrogens is 316 g/mol. The second-order valence-corrected chi connectivity index (χ2v) is 6.47. The minimum absolute atomic E-state index is 0.0496. The minimum atomic E-state index is -0.439. The predicted octanol–water partition coefficient (Wildman–Crippen LogP) is 0.755. The van der Waals surface area contributed by atoms with E-state index in [1.807, 2.05) is 16.3 Å². The van der Waals surface area contributed by atoms with Crippen molar-refractivity contribution < 1.29 is 14.3 Å². The molecule has 0 aromatic carbocycles. The largest absolute Gasteiger partial charge is 0.378 e. The fourth-order valence-corrected chi connectivity index (χ4v) is 3.73. The lowest BCUT2D eigenvalue weighted by atomic mass is 10.2. The van der Waals surface area contributed by atoms with Crippen molar-refractivity contribution >= 4 is 33.3 Å². The number of carbonyl (C=O) groups excluding carboxylic acids is 1. The number of anilines is 1. The number of hydrogen-bond acceptors (Lipinski definition) is 7. The standard InChI is InChI=1S/C15H18N4O3S/c20-15(18-2-5-21-6-3-18)12-9-19(4-7-22-12)13-11-1-8-23-14(11)17-10-16-13/h1,8,10,12H,2-7,9H2. The highest BCUT2D eigenvalue weighted by Crippen LogP contribution is 2.28. The van der Waals surface area contributed by atoms with Gasteiger partial charge >= 0.3 is 0 Å². The monoisotopic (exact) mass is 334 g/mol. The quantitative estimate of drug-likeness (QED) is 0.808. The second-order valence-electron chi connectivity index (χ2n) is 5.58. The molecule has 2 fully saturated rings. The first-order valence-corrected chi connectivity index (χ1v) is 8.62. The molecule has 4 heterocycles. The fraction of sp³-hybridized carbons (Fsp3) is 0.533. The van der Waals surface area contributed by atoms with Crippen molar-refractivity contribution in [3.63, 3.8) is 0 Å². The molecule has 1 unspecified atom stereocenters. The highest BCUT2D eigenvalue weighted by molar-refractivity contribution is 7.16. The molecule has 1 atom stereocenters. The summed E-state index contributed by atoms with van der Waals surface area (Å²) in [5, 5.41) is 3.05. The van der Waals surface area contributed by atoms with Crippen LogP contribution in [-0.2, 0) is 14.3 Å². The number of fused-ring (bicyclic) bond motifs is 1. The summed E-state index contributed by atoms with van der Waals surface area (Å²) >= 11 is 1.60. The number of amides is 1. The van der Waals surface area contributed by atoms with Crippen LogP contribution < -0.4 is 4.90 Å². The first-order valence-electron chi connectivity index (χ1n) is 7.74. The van der Waals surface area contributed by atoms with Gasteiger partial charge in [0.2, 0.25) is 0 Å². The SMILES string of the molecule is O=C(C1CN(c2ncnc3sccc23)CCO1)N1CCOCC1. The van der Waals surface area contributed by atoms with Gasteiger partial charge in [0.25, 0.3) is 5.91 Å². The summed E-state index contributed by atoms with van der Waals surface area (Å²) in [6.07, 6.45) is 1.15. The number of carbonyl (C=O) groups is 1. The van der Waals surface area contributed by atoms with Gasteiger partial charge in [0.15, 0.2) is 6.10 Å². The van der Waals surface area contributed by atoms with Crippen molar-refractivity contribution in [2.24, 2.45) is 0 Å². The van der Waals surface area contributed by atoms with E-state index < -0.39 is 6.10 Å². The van der Waals surface area contributed by atoms with Gasteiger partial charge in [-0.3, -0.25) is 4.79 Å². The summed E-state index contributed by atoms with van der Waals surface area (Å²) < 4.78 is 11.0. The molecule has 23 heavy (non-hydrogen) atoms. The maximum Gasteiger partial charge on any atom is 0.253 e. The van der Waals surface area contributed by atoms with Gasteiger partial charge < -0.3 is 19.3 Å². The molecule has 0 bridgehead atoms. The molecule has 7 nitrogen and oxygen atoms in total. The molecule has 2 aromatic rings. The van der Waals surface area contributed by atoms with Crippen LogP contribution in [0.3, 0.4) is 0 Å². The van der Waals surface area contributed by atoms with Crippen LogP contribution in [0.15, 0.2) is 17.8 Å². The molecular formula is C15H18N4O3S. The van der Waals surface area contributed by atoms with Crippen molar-refractivity contribution in [2.75, 3.05) is 50.9 Å². The third-order valence-electron chi connectivity index (χ3n) is 4.20. The van der Waals surface area contributed by atoms with Crippen molar-refractivity contribution in [2.45, 2.75) is 6.10 Å². The van der Waals surface area contributed by atoms with Gasteiger partial charge in [-0.2, -0.15) is 0 Å². The Morgan fingerprint density at radius 3 is 2.96 bits per heavy atom. The molecule has 0 N–H and O–H groups in total. The summed E-state index contributed by atoms with van der Waals surface area (Å²) in [5.41, 5.74) is 0. The number of aromatic nitrogens is 2. The van der Waals surface area contributed by atoms with Crippen LogP contribution in [0, 0.1) is 0 Å². The lowest BCUT2D eigenvalue weighted by Gasteiger charge is -2.36. The Labute approximate surface area is 137 Å². The number of hydrogen-bond donors (Lipinski definition) is 0. The Kier molecular flexibility index (Phi) is 4.11. The van der Waals surface area contributed by atoms with E-state index in [-0.39, 0.29) is 5.91 Å². The molecule has 0 saturated carbocycles. The van der Waals surface area contributed by atoms with Crippen molar-refractivity contribution in [1.29, 1.82) is 0 Å². The molecule has 8 heteroatoms. The average Bonchev–Trinajstić information content (AvgIpc) is 3.10. The summed E-state index contributed by atoms with van der Waals surface area (Å²) in [4.78, 5) is 26.3. The maximum absolute atomic E-state index is 12.6. The number of morpholine rings is 2. The van der Waals surface area contributed by atoms with Gasteiger partial charge in [0.05, 0.1) is 31.8 Å². The Balaban J connectivity index is 1.52. The summed E-state index contributed by atoms with van der Waals surface area (Å²) in [7, 11) is 0. The van der Waals surface area contributed by atoms with Gasteiger partial charge in [-0.05, 0) is 11.4 Å². The van der Waals surface area contributed by atoms with Gasteiger partial charge in [-0.1, -0.05) is 0 Å². The van der Waals surface area contributed by atoms with E-state index in [9.17, 15) is 4.79 Å². The molecule has 0 radical (unpaired) electrons. The highest BCUT2D eigenvalue weighted by atomic mass is 32.1. The fourth-order valence-electron chi connectivity index (χ4n) is 3.01. The lowest BCUT2D eigenvalue weighted by Crippen LogP contribution is -2.53. The first kappa shape index (κ1) is 14.8. The van der Waals surface area contributed by atoms with Crippen LogP contribution in [-0.4, -0.2) is 72.9 Å². The third-order valence-corrected chi connectivity index (χ3v) is 5.03. The van der Waals surface area contributed by atoms with Crippen LogP contribution in [0.2, 0.25) is 0 Å². The normalized spacial score (nSPS) is 22.5. The van der Waals surface area contributed by atoms with Gasteiger partial charge in [-0.25, -0.2) is 9.97 Å². The highest BCUT2D eigenvalue weighted by Gasteiger charge is 2.32. The molecule has 2 aliphatic rings. The third kappa shape index (κ3) is 2.89. The topological polar surface area (TPSA) is 67.8 Å². The van der Waals surface area contributed by atoms with Crippen molar-refractivity contribution in [1.82, 2.24) is 14.9 Å². The summed E-state index contributed by atoms with van der Waals surface area (Å²) in [5.74, 6) is 0.938. The Hall–Kier alpha value is -1.77. The Morgan fingerprint density at radius 1 is 1.22 bits per heavy atom. The van der Waals surface area contributed by atoms with Crippen LogP contribution in [0.5, 0.6) is 0 Å². The first-order chi connectivity index (χ1) is 11.3. The van der Waals surface area contributed by atoms with E-state index in [0.29, 0.717) is 39.5 Å². The Bertz CT molecular complexity index is 701. The zero-order chi connectivity index (χ0) is 15.6. The molecule has 0 spiro atoms. The van der Waals surface area contributed by atoms with Gasteiger partial charge in [0.1, 0.15) is 17.0 Å². The molecule has 4 rings (SSSR count). The molecule has 2 saturated heterocycles. The minimum Gasteiger partial charge on any atom is -0.378 e. The number of thiophene rings is 1. The van der Waals surface area contributed by atoms with Crippen LogP contribution in [0.25, 0.3) is 10.2 Å². The zero-order valence-electron chi connectivity index (χ0n) is 12.7. The molecule has 122 valence electrons. The van der Waals surface area contributed by atoms with E-state index in [1.165, 1.54) is 0 Å². The number of rotatable bonds is 2. The molecule has 1 amide bonds. The predicted molar refractivity (Wildman–Crippen MR) is 86.8 cm³/mol. The van der Waals surface area contributed by atoms with Crippen LogP contribution >= 0.6 is 11.3 Å². The summed E-state index contributed by atoms with van der Waals surface area (Å²) in [6.45, 7) is 4.26. The average molecular weight is 334 g/mol. The summed E-state index contributed by atoms with van der Waals surface area (Å²) in [6, 6.07) is 2.03. The number of nitrogens with zero attached hydrogens (tertiary/aromatic N) is 4. The lowest BCUT2D eigenvalue weighted by molar-refractivity contribution is -0.148. The van der Waals surface area contributed by atoms with Crippen molar-refractivity contribution in [3.05, 3.63) is 17.8 Å². The zero-order valence-corrected chi connectivity index (χ0v) is 13.5. The van der Waals surface area contributed by atoms with Crippen LogP contribution in [0.4, 0.5) is 5.82 Å². The van der Waals surface area contributed by atoms with E-state index in [1.54, 1.807) is 17.7 Å². The second kappa shape index (κ2) is 6.38. The van der Waals surface area contributed by atoms with Crippen LogP contribution in [0.1, 0.15) is 0 Å². The van der Waals surface area contributed by atoms with E-state index >= 15 is 0 Å². The molecule has 2 aromatic heterocycles. The maximum atomic E-state index is 12.6. The molecule has 2 aliphatic heterocycles. The van der Waals surface area contributed by atoms with Gasteiger partial charge in [0, 0.05) is 19.6 Å². The van der Waals surface area contributed by atoms with Crippen molar-refractivity contribution in [3.8, 4) is 0 Å². The Morgan fingerprint density at radius 2 is 2.09 bits per heavy atom. The number of ether oxygens (including phenoxy) is 2. The van der Waals surface area contributed by atoms with E-state index in [0.717, 1.165) is 22.6 Å². The van der Waals surface area contributed by atoms with Gasteiger partial charge in [-0.15, -0.1) is 11.3 Å². The molecule has 0 aliphatic carbocycles. The smallest absolute Gasteiger partial charge is 0.253 e. The van der Waals surface area contributed by atoms with E-state index in [4.69, 9.17) is 9.47 Å².